The van der Waals surface area contributed by atoms with Gasteiger partial charge in [-0.3, -0.25) is 4.40 Å². The van der Waals surface area contributed by atoms with E-state index in [4.69, 9.17) is 9.97 Å². The molecule has 0 aliphatic carbocycles. The zero-order valence-corrected chi connectivity index (χ0v) is 25.3. The van der Waals surface area contributed by atoms with E-state index in [0.717, 1.165) is 44.9 Å². The van der Waals surface area contributed by atoms with Crippen LogP contribution in [0.3, 0.4) is 0 Å². The lowest BCUT2D eigenvalue weighted by Crippen LogP contribution is -2.01. The van der Waals surface area contributed by atoms with Gasteiger partial charge < -0.3 is 9.13 Å². The highest BCUT2D eigenvalue weighted by Gasteiger charge is 2.23. The first kappa shape index (κ1) is 25.8. The monoisotopic (exact) mass is 601 g/mol. The first-order chi connectivity index (χ1) is 23.3. The summed E-state index contributed by atoms with van der Waals surface area (Å²) in [6.45, 7) is 0. The number of para-hydroxylation sites is 3. The van der Waals surface area contributed by atoms with Gasteiger partial charge in [0.1, 0.15) is 0 Å². The predicted octanol–water partition coefficient (Wildman–Crippen LogP) is 10.3. The van der Waals surface area contributed by atoms with Crippen molar-refractivity contribution in [2.45, 2.75) is 0 Å². The lowest BCUT2D eigenvalue weighted by molar-refractivity contribution is 1.05. The maximum atomic E-state index is 5.08. The van der Waals surface area contributed by atoms with Gasteiger partial charge in [-0.2, -0.15) is 0 Å². The van der Waals surface area contributed by atoms with Crippen molar-refractivity contribution < 1.29 is 0 Å². The molecule has 5 heteroatoms. The Hall–Kier alpha value is -6.46. The Morgan fingerprint density at radius 3 is 1.55 bits per heavy atom. The largest absolute Gasteiger partial charge is 0.307 e. The topological polar surface area (TPSA) is 40.0 Å². The van der Waals surface area contributed by atoms with Crippen molar-refractivity contribution in [1.29, 1.82) is 0 Å². The van der Waals surface area contributed by atoms with E-state index in [2.05, 4.69) is 159 Å². The van der Waals surface area contributed by atoms with Crippen LogP contribution in [0.15, 0.2) is 164 Å². The Labute approximate surface area is 270 Å². The first-order valence-electron chi connectivity index (χ1n) is 15.9. The molecule has 0 fully saturated rings. The van der Waals surface area contributed by atoms with Crippen molar-refractivity contribution in [3.63, 3.8) is 0 Å². The normalized spacial score (nSPS) is 11.8. The average Bonchev–Trinajstić information content (AvgIpc) is 3.80. The fourth-order valence-electron chi connectivity index (χ4n) is 7.32. The molecule has 220 valence electrons. The fourth-order valence-corrected chi connectivity index (χ4v) is 7.32. The van der Waals surface area contributed by atoms with Gasteiger partial charge in [-0.05, 0) is 24.3 Å². The van der Waals surface area contributed by atoms with E-state index < -0.39 is 0 Å². The second-order valence-electron chi connectivity index (χ2n) is 11.9. The Morgan fingerprint density at radius 1 is 0.426 bits per heavy atom. The van der Waals surface area contributed by atoms with Crippen molar-refractivity contribution in [2.24, 2.45) is 0 Å². The average molecular weight is 602 g/mol. The van der Waals surface area contributed by atoms with Crippen LogP contribution in [0.4, 0.5) is 0 Å². The minimum Gasteiger partial charge on any atom is -0.307 e. The number of aromatic nitrogens is 5. The molecular weight excluding hydrogens is 574 g/mol. The predicted molar refractivity (Wildman–Crippen MR) is 193 cm³/mol. The summed E-state index contributed by atoms with van der Waals surface area (Å²) in [5, 5.41) is 4.85. The van der Waals surface area contributed by atoms with E-state index in [1.807, 2.05) is 18.3 Å². The van der Waals surface area contributed by atoms with E-state index in [9.17, 15) is 0 Å². The highest BCUT2D eigenvalue weighted by atomic mass is 15.1. The van der Waals surface area contributed by atoms with Gasteiger partial charge in [0.2, 0.25) is 5.78 Å². The molecule has 4 aromatic heterocycles. The second kappa shape index (κ2) is 10.0. The minimum atomic E-state index is 0.663. The van der Waals surface area contributed by atoms with Crippen LogP contribution >= 0.6 is 0 Å². The summed E-state index contributed by atoms with van der Waals surface area (Å²) >= 11 is 0. The van der Waals surface area contributed by atoms with Crippen LogP contribution in [0.25, 0.3) is 83.3 Å². The summed E-state index contributed by atoms with van der Waals surface area (Å²) < 4.78 is 6.95. The molecule has 0 saturated carbocycles. The third kappa shape index (κ3) is 3.77. The van der Waals surface area contributed by atoms with Crippen LogP contribution in [0.5, 0.6) is 0 Å². The lowest BCUT2D eigenvalue weighted by Gasteiger charge is -2.13. The van der Waals surface area contributed by atoms with E-state index in [1.54, 1.807) is 0 Å². The Bertz CT molecular complexity index is 2770. The molecule has 0 unspecified atom stereocenters. The molecule has 0 N–H and O–H groups in total. The summed E-state index contributed by atoms with van der Waals surface area (Å²) in [5.74, 6) is 0.663. The van der Waals surface area contributed by atoms with E-state index in [1.165, 1.54) is 32.6 Å². The van der Waals surface area contributed by atoms with Crippen molar-refractivity contribution in [3.8, 4) is 33.9 Å². The van der Waals surface area contributed by atoms with E-state index >= 15 is 0 Å². The third-order valence-electron chi connectivity index (χ3n) is 9.30. The number of hydrogen-bond acceptors (Lipinski definition) is 2. The standard InChI is InChI=1S/C42H27N5/c1-4-14-28(15-5-1)38-39(29-16-6-2-7-17-29)45-27-31(26-43-42(45)44-38)47-37-23-13-11-21-33(37)35-25-24-34-32-20-10-12-22-36(32)46(40(34)41(35)47)30-18-8-3-9-19-30/h1-27H. The Morgan fingerprint density at radius 2 is 0.936 bits per heavy atom. The molecule has 6 aromatic carbocycles. The van der Waals surface area contributed by atoms with Crippen molar-refractivity contribution >= 4 is 49.4 Å². The van der Waals surface area contributed by atoms with Gasteiger partial charge >= 0.3 is 0 Å². The molecule has 10 aromatic rings. The molecule has 4 heterocycles. The van der Waals surface area contributed by atoms with Gasteiger partial charge in [0, 0.05) is 44.6 Å². The third-order valence-corrected chi connectivity index (χ3v) is 9.30. The Kier molecular flexibility index (Phi) is 5.51. The van der Waals surface area contributed by atoms with Gasteiger partial charge in [0.15, 0.2) is 0 Å². The van der Waals surface area contributed by atoms with Gasteiger partial charge in [0.05, 0.1) is 45.3 Å². The molecule has 0 aliphatic rings. The smallest absolute Gasteiger partial charge is 0.234 e. The van der Waals surface area contributed by atoms with E-state index in [-0.39, 0.29) is 0 Å². The maximum absolute atomic E-state index is 5.08. The van der Waals surface area contributed by atoms with Crippen molar-refractivity contribution in [1.82, 2.24) is 23.5 Å². The van der Waals surface area contributed by atoms with Gasteiger partial charge in [-0.25, -0.2) is 9.97 Å². The summed E-state index contributed by atoms with van der Waals surface area (Å²) in [4.78, 5) is 10.1. The minimum absolute atomic E-state index is 0.663. The maximum Gasteiger partial charge on any atom is 0.234 e. The molecule has 0 radical (unpaired) electrons. The lowest BCUT2D eigenvalue weighted by atomic mass is 10.1. The zero-order chi connectivity index (χ0) is 30.9. The first-order valence-corrected chi connectivity index (χ1v) is 15.9. The molecule has 0 atom stereocenters. The number of nitrogens with zero attached hydrogens (tertiary/aromatic N) is 5. The molecule has 47 heavy (non-hydrogen) atoms. The summed E-state index contributed by atoms with van der Waals surface area (Å²) in [6.07, 6.45) is 4.16. The number of benzene rings is 6. The van der Waals surface area contributed by atoms with Crippen molar-refractivity contribution in [2.75, 3.05) is 0 Å². The molecule has 0 spiro atoms. The fraction of sp³-hybridized carbons (Fsp3) is 0. The molecule has 0 bridgehead atoms. The number of hydrogen-bond donors (Lipinski definition) is 0. The Balaban J connectivity index is 1.36. The van der Waals surface area contributed by atoms with Gasteiger partial charge in [-0.1, -0.05) is 127 Å². The highest BCUT2D eigenvalue weighted by Crippen LogP contribution is 2.42. The molecule has 0 aliphatic heterocycles. The highest BCUT2D eigenvalue weighted by molar-refractivity contribution is 6.23. The summed E-state index contributed by atoms with van der Waals surface area (Å²) in [7, 11) is 0. The molecule has 10 rings (SSSR count). The van der Waals surface area contributed by atoms with Crippen LogP contribution in [-0.4, -0.2) is 23.5 Å². The van der Waals surface area contributed by atoms with Gasteiger partial charge in [-0.15, -0.1) is 0 Å². The molecular formula is C42H27N5. The van der Waals surface area contributed by atoms with Crippen molar-refractivity contribution in [3.05, 3.63) is 164 Å². The quantitative estimate of drug-likeness (QED) is 0.201. The van der Waals surface area contributed by atoms with E-state index in [0.29, 0.717) is 5.78 Å². The molecule has 0 amide bonds. The number of rotatable bonds is 4. The van der Waals surface area contributed by atoms with Crippen LogP contribution < -0.4 is 0 Å². The summed E-state index contributed by atoms with van der Waals surface area (Å²) in [6, 6.07) is 53.5. The number of imidazole rings is 1. The molecule has 5 nitrogen and oxygen atoms in total. The number of fused-ring (bicyclic) bond motifs is 8. The van der Waals surface area contributed by atoms with Crippen LogP contribution in [0.2, 0.25) is 0 Å². The van der Waals surface area contributed by atoms with Crippen LogP contribution in [-0.2, 0) is 0 Å². The SMILES string of the molecule is c1ccc(-c2nc3ncc(-n4c5ccccc5c5ccc6c7ccccc7n(-c7ccccc7)c6c54)cn3c2-c2ccccc2)cc1. The van der Waals surface area contributed by atoms with Crippen LogP contribution in [0, 0.1) is 0 Å². The second-order valence-corrected chi connectivity index (χ2v) is 11.9. The molecule has 0 saturated heterocycles. The van der Waals surface area contributed by atoms with Gasteiger partial charge in [0.25, 0.3) is 0 Å². The summed E-state index contributed by atoms with van der Waals surface area (Å²) in [5.41, 5.74) is 10.8. The van der Waals surface area contributed by atoms with Crippen LogP contribution in [0.1, 0.15) is 0 Å². The zero-order valence-electron chi connectivity index (χ0n) is 25.3.